The van der Waals surface area contributed by atoms with Gasteiger partial charge in [0.05, 0.1) is 26.4 Å². The summed E-state index contributed by atoms with van der Waals surface area (Å²) in [6, 6.07) is 0. The van der Waals surface area contributed by atoms with Crippen molar-refractivity contribution >= 4 is 17.6 Å². The van der Waals surface area contributed by atoms with Gasteiger partial charge in [-0.05, 0) is 6.92 Å². The average molecular weight is 364 g/mol. The first-order chi connectivity index (χ1) is 12.0. The van der Waals surface area contributed by atoms with Crippen LogP contribution < -0.4 is 10.6 Å². The van der Waals surface area contributed by atoms with Crippen LogP contribution in [-0.4, -0.2) is 70.3 Å². The van der Waals surface area contributed by atoms with E-state index in [2.05, 4.69) is 10.6 Å². The van der Waals surface area contributed by atoms with Gasteiger partial charge in [0.1, 0.15) is 6.61 Å². The number of amides is 2. The molecule has 0 bridgehead atoms. The van der Waals surface area contributed by atoms with Crippen molar-refractivity contribution in [1.82, 2.24) is 10.6 Å². The molecule has 25 heavy (non-hydrogen) atoms. The van der Waals surface area contributed by atoms with E-state index in [0.717, 1.165) is 0 Å². The number of ether oxygens (including phenoxy) is 3. The van der Waals surface area contributed by atoms with Crippen molar-refractivity contribution in [1.29, 1.82) is 0 Å². The molecular formula is C17H36N2O6. The Morgan fingerprint density at radius 3 is 1.88 bits per heavy atom. The van der Waals surface area contributed by atoms with Gasteiger partial charge in [-0.1, -0.05) is 13.8 Å². The summed E-state index contributed by atoms with van der Waals surface area (Å²) in [4.78, 5) is 34.2. The third-order valence-electron chi connectivity index (χ3n) is 3.18. The zero-order valence-electron chi connectivity index (χ0n) is 15.6. The maximum Gasteiger partial charge on any atom is 0.222 e. The second kappa shape index (κ2) is 16.0. The van der Waals surface area contributed by atoms with Crippen molar-refractivity contribution < 1.29 is 31.4 Å². The summed E-state index contributed by atoms with van der Waals surface area (Å²) in [6.45, 7) is 8.32. The van der Waals surface area contributed by atoms with Gasteiger partial charge in [-0.25, -0.2) is 0 Å². The molecule has 150 valence electrons. The van der Waals surface area contributed by atoms with Gasteiger partial charge in [0.2, 0.25) is 11.8 Å². The molecule has 2 amide bonds. The van der Waals surface area contributed by atoms with Gasteiger partial charge < -0.3 is 24.8 Å². The number of carbonyl (C=O) groups excluding carboxylic acids is 3. The molecule has 0 aromatic carbocycles. The highest BCUT2D eigenvalue weighted by Gasteiger charge is 2.07. The number of nitrogens with one attached hydrogen (secondary N) is 2. The fourth-order valence-corrected chi connectivity index (χ4v) is 1.62. The van der Waals surface area contributed by atoms with Crippen LogP contribution in [0.4, 0.5) is 0 Å². The van der Waals surface area contributed by atoms with E-state index < -0.39 is 0 Å². The standard InChI is InChI=1S/C17H32N2O6.2H2/c1-4-23-9-5-16(21)18-7-11-24-10-6-17(22)19-8-12-25-13-15(20)14(2)3;;/h14H,4-13H2,1-3H3,(H,18,21)(H,19,22);2*1H. The van der Waals surface area contributed by atoms with Crippen LogP contribution in [0.1, 0.15) is 36.5 Å². The molecule has 8 nitrogen and oxygen atoms in total. The van der Waals surface area contributed by atoms with E-state index in [4.69, 9.17) is 14.2 Å². The Hall–Kier alpha value is -1.51. The Kier molecular flexibility index (Phi) is 15.0. The van der Waals surface area contributed by atoms with Crippen LogP contribution in [-0.2, 0) is 28.6 Å². The second-order valence-electron chi connectivity index (χ2n) is 5.68. The van der Waals surface area contributed by atoms with Crippen molar-refractivity contribution in [3.8, 4) is 0 Å². The highest BCUT2D eigenvalue weighted by Crippen LogP contribution is 1.94. The van der Waals surface area contributed by atoms with Crippen LogP contribution in [0.2, 0.25) is 0 Å². The maximum absolute atomic E-state index is 11.5. The molecule has 0 aliphatic carbocycles. The Balaban J connectivity index is -0.00000288. The lowest BCUT2D eigenvalue weighted by Crippen LogP contribution is -2.30. The summed E-state index contributed by atoms with van der Waals surface area (Å²) in [5, 5.41) is 5.39. The normalized spacial score (nSPS) is 10.7. The van der Waals surface area contributed by atoms with E-state index in [0.29, 0.717) is 45.9 Å². The molecule has 0 aromatic rings. The van der Waals surface area contributed by atoms with Crippen molar-refractivity contribution in [3.63, 3.8) is 0 Å². The first-order valence-corrected chi connectivity index (χ1v) is 8.76. The molecule has 0 unspecified atom stereocenters. The minimum atomic E-state index is -0.139. The summed E-state index contributed by atoms with van der Waals surface area (Å²) in [5.41, 5.74) is 0. The average Bonchev–Trinajstić information content (AvgIpc) is 2.57. The van der Waals surface area contributed by atoms with E-state index in [-0.39, 0.29) is 46.0 Å². The molecule has 0 heterocycles. The van der Waals surface area contributed by atoms with E-state index in [9.17, 15) is 14.4 Å². The van der Waals surface area contributed by atoms with Crippen LogP contribution in [0, 0.1) is 5.92 Å². The van der Waals surface area contributed by atoms with Crippen molar-refractivity contribution in [2.24, 2.45) is 5.92 Å². The Morgan fingerprint density at radius 1 is 0.840 bits per heavy atom. The minimum absolute atomic E-state index is 0. The summed E-state index contributed by atoms with van der Waals surface area (Å²) >= 11 is 0. The van der Waals surface area contributed by atoms with Crippen LogP contribution in [0.15, 0.2) is 0 Å². The Morgan fingerprint density at radius 2 is 1.36 bits per heavy atom. The highest BCUT2D eigenvalue weighted by atomic mass is 16.5. The topological polar surface area (TPSA) is 103 Å². The highest BCUT2D eigenvalue weighted by molar-refractivity contribution is 5.81. The largest absolute Gasteiger partial charge is 0.381 e. The van der Waals surface area contributed by atoms with Gasteiger partial charge in [0, 0.05) is 41.3 Å². The molecule has 2 N–H and O–H groups in total. The summed E-state index contributed by atoms with van der Waals surface area (Å²) in [6.07, 6.45) is 0.574. The number of ketones is 1. The fraction of sp³-hybridized carbons (Fsp3) is 0.824. The summed E-state index contributed by atoms with van der Waals surface area (Å²) < 4.78 is 15.5. The zero-order chi connectivity index (χ0) is 18.9. The van der Waals surface area contributed by atoms with E-state index in [1.807, 2.05) is 20.8 Å². The molecule has 0 aromatic heterocycles. The van der Waals surface area contributed by atoms with Crippen molar-refractivity contribution in [3.05, 3.63) is 0 Å². The van der Waals surface area contributed by atoms with Gasteiger partial charge in [-0.15, -0.1) is 0 Å². The molecule has 0 radical (unpaired) electrons. The number of hydrogen-bond donors (Lipinski definition) is 2. The predicted octanol–water partition coefficient (Wildman–Crippen LogP) is 0.786. The second-order valence-corrected chi connectivity index (χ2v) is 5.68. The summed E-state index contributed by atoms with van der Waals surface area (Å²) in [7, 11) is 0. The first kappa shape index (κ1) is 23.5. The lowest BCUT2D eigenvalue weighted by Gasteiger charge is -2.08. The van der Waals surface area contributed by atoms with Gasteiger partial charge >= 0.3 is 0 Å². The molecule has 0 fully saturated rings. The lowest BCUT2D eigenvalue weighted by molar-refractivity contribution is -0.126. The smallest absolute Gasteiger partial charge is 0.222 e. The Labute approximate surface area is 152 Å². The molecule has 0 aliphatic heterocycles. The number of rotatable bonds is 16. The molecule has 0 aliphatic rings. The number of Topliss-reactive ketones (excluding diaryl/α,β-unsaturated/α-hetero) is 1. The summed E-state index contributed by atoms with van der Waals surface area (Å²) in [5.74, 6) is -0.212. The molecule has 0 saturated carbocycles. The number of hydrogen-bond acceptors (Lipinski definition) is 6. The van der Waals surface area contributed by atoms with E-state index >= 15 is 0 Å². The molecule has 0 saturated heterocycles. The molecule has 8 heteroatoms. The van der Waals surface area contributed by atoms with E-state index in [1.54, 1.807) is 0 Å². The van der Waals surface area contributed by atoms with Crippen LogP contribution in [0.5, 0.6) is 0 Å². The maximum atomic E-state index is 11.5. The van der Waals surface area contributed by atoms with Gasteiger partial charge in [0.25, 0.3) is 0 Å². The zero-order valence-corrected chi connectivity index (χ0v) is 15.6. The molecular weight excluding hydrogens is 328 g/mol. The third-order valence-corrected chi connectivity index (χ3v) is 3.18. The monoisotopic (exact) mass is 364 g/mol. The van der Waals surface area contributed by atoms with Crippen molar-refractivity contribution in [2.75, 3.05) is 52.7 Å². The first-order valence-electron chi connectivity index (χ1n) is 8.76. The van der Waals surface area contributed by atoms with Crippen molar-refractivity contribution in [2.45, 2.75) is 33.6 Å². The molecule has 0 atom stereocenters. The van der Waals surface area contributed by atoms with Gasteiger partial charge in [-0.3, -0.25) is 14.4 Å². The van der Waals surface area contributed by atoms with Gasteiger partial charge in [0.15, 0.2) is 5.78 Å². The SMILES string of the molecule is CCOCCC(=O)NCCOCCC(=O)NCCOCC(=O)C(C)C.[HH].[HH]. The quantitative estimate of drug-likeness (QED) is 0.393. The van der Waals surface area contributed by atoms with Gasteiger partial charge in [-0.2, -0.15) is 0 Å². The molecule has 0 spiro atoms. The number of carbonyl (C=O) groups is 3. The van der Waals surface area contributed by atoms with E-state index in [1.165, 1.54) is 0 Å². The van der Waals surface area contributed by atoms with Crippen LogP contribution >= 0.6 is 0 Å². The van der Waals surface area contributed by atoms with Crippen LogP contribution in [0.3, 0.4) is 0 Å². The minimum Gasteiger partial charge on any atom is -0.381 e. The third kappa shape index (κ3) is 15.7. The molecule has 0 rings (SSSR count). The lowest BCUT2D eigenvalue weighted by atomic mass is 10.1. The predicted molar refractivity (Wildman–Crippen MR) is 97.5 cm³/mol. The van der Waals surface area contributed by atoms with Crippen LogP contribution in [0.25, 0.3) is 0 Å². The Bertz CT molecular complexity index is 398. The fourth-order valence-electron chi connectivity index (χ4n) is 1.62.